The minimum atomic E-state index is -0.521. The minimum Gasteiger partial charge on any atom is -0.490 e. The van der Waals surface area contributed by atoms with E-state index in [2.05, 4.69) is 20.9 Å². The normalized spacial score (nSPS) is 14.3. The van der Waals surface area contributed by atoms with E-state index >= 15 is 0 Å². The van der Waals surface area contributed by atoms with Gasteiger partial charge in [0.15, 0.2) is 17.2 Å². The van der Waals surface area contributed by atoms with Gasteiger partial charge in [0.05, 0.1) is 11.6 Å². The molecule has 0 saturated heterocycles. The lowest BCUT2D eigenvalue weighted by atomic mass is 10.1. The number of hydrogen-bond acceptors (Lipinski definition) is 5. The fraction of sp³-hybridized carbons (Fsp3) is 0.120. The second kappa shape index (κ2) is 10.0. The summed E-state index contributed by atoms with van der Waals surface area (Å²) in [6.45, 7) is 2.63. The summed E-state index contributed by atoms with van der Waals surface area (Å²) in [6, 6.07) is 20.5. The van der Waals surface area contributed by atoms with Crippen molar-refractivity contribution in [3.63, 3.8) is 0 Å². The maximum Gasteiger partial charge on any atom is 0.363 e. The van der Waals surface area contributed by atoms with Crippen LogP contribution in [0.15, 0.2) is 81.9 Å². The van der Waals surface area contributed by atoms with Crippen molar-refractivity contribution in [3.05, 3.63) is 98.6 Å². The maximum atomic E-state index is 12.3. The van der Waals surface area contributed by atoms with E-state index in [0.717, 1.165) is 15.6 Å². The molecule has 3 aromatic rings. The largest absolute Gasteiger partial charge is 0.490 e. The van der Waals surface area contributed by atoms with E-state index in [1.807, 2.05) is 61.5 Å². The van der Waals surface area contributed by atoms with E-state index in [-0.39, 0.29) is 11.6 Å². The highest BCUT2D eigenvalue weighted by atomic mass is 79.9. The highest BCUT2D eigenvalue weighted by Crippen LogP contribution is 2.38. The highest BCUT2D eigenvalue weighted by Gasteiger charge is 2.24. The summed E-state index contributed by atoms with van der Waals surface area (Å²) in [5.74, 6) is 0.671. The van der Waals surface area contributed by atoms with Crippen molar-refractivity contribution in [1.29, 1.82) is 0 Å². The number of benzene rings is 3. The van der Waals surface area contributed by atoms with Crippen LogP contribution in [-0.2, 0) is 16.1 Å². The van der Waals surface area contributed by atoms with Crippen molar-refractivity contribution in [2.24, 2.45) is 4.99 Å². The SMILES string of the molecule is CCOc1cc(/C=C2\N=C(c3ccccc3)OC2=O)cc(Cl)c1OCc1ccccc1Br. The average molecular weight is 513 g/mol. The number of nitrogens with zero attached hydrogens (tertiary/aromatic N) is 1. The Morgan fingerprint density at radius 1 is 1.06 bits per heavy atom. The smallest absolute Gasteiger partial charge is 0.363 e. The first-order valence-corrected chi connectivity index (χ1v) is 11.1. The number of ether oxygens (including phenoxy) is 3. The third-order valence-electron chi connectivity index (χ3n) is 4.61. The molecule has 0 amide bonds. The molecule has 0 fully saturated rings. The predicted octanol–water partition coefficient (Wildman–Crippen LogP) is 6.42. The predicted molar refractivity (Wildman–Crippen MR) is 128 cm³/mol. The number of halogens is 2. The van der Waals surface area contributed by atoms with Crippen LogP contribution in [0.25, 0.3) is 6.08 Å². The number of cyclic esters (lactones) is 1. The Labute approximate surface area is 199 Å². The van der Waals surface area contributed by atoms with Crippen molar-refractivity contribution in [2.45, 2.75) is 13.5 Å². The van der Waals surface area contributed by atoms with E-state index < -0.39 is 5.97 Å². The molecule has 0 aromatic heterocycles. The third kappa shape index (κ3) is 5.03. The first kappa shape index (κ1) is 22.1. The van der Waals surface area contributed by atoms with Crippen LogP contribution in [0.1, 0.15) is 23.6 Å². The Morgan fingerprint density at radius 3 is 2.56 bits per heavy atom. The molecule has 5 nitrogen and oxygen atoms in total. The number of esters is 1. The van der Waals surface area contributed by atoms with Gasteiger partial charge in [0.2, 0.25) is 5.90 Å². The molecule has 162 valence electrons. The molecular formula is C25H19BrClNO4. The Morgan fingerprint density at radius 2 is 1.81 bits per heavy atom. The Balaban J connectivity index is 1.62. The number of carbonyl (C=O) groups is 1. The number of hydrogen-bond donors (Lipinski definition) is 0. The fourth-order valence-corrected chi connectivity index (χ4v) is 3.78. The van der Waals surface area contributed by atoms with E-state index in [1.54, 1.807) is 18.2 Å². The lowest BCUT2D eigenvalue weighted by Crippen LogP contribution is -2.05. The Bertz CT molecular complexity index is 1210. The zero-order valence-corrected chi connectivity index (χ0v) is 19.5. The molecule has 0 bridgehead atoms. The van der Waals surface area contributed by atoms with Gasteiger partial charge in [0.1, 0.15) is 6.61 Å². The van der Waals surface area contributed by atoms with E-state index in [9.17, 15) is 4.79 Å². The highest BCUT2D eigenvalue weighted by molar-refractivity contribution is 9.10. The van der Waals surface area contributed by atoms with Gasteiger partial charge in [-0.3, -0.25) is 0 Å². The van der Waals surface area contributed by atoms with E-state index in [0.29, 0.717) is 35.3 Å². The standard InChI is InChI=1S/C25H19BrClNO4/c1-2-30-22-14-16(12-20(27)23(22)31-15-18-10-6-7-11-19(18)26)13-21-25(29)32-24(28-21)17-8-4-3-5-9-17/h3-14H,2,15H2,1H3/b21-13-. The van der Waals surface area contributed by atoms with E-state index in [4.69, 9.17) is 25.8 Å². The summed E-state index contributed by atoms with van der Waals surface area (Å²) >= 11 is 10.0. The second-order valence-electron chi connectivity index (χ2n) is 6.85. The zero-order chi connectivity index (χ0) is 22.5. The Kier molecular flexibility index (Phi) is 6.93. The van der Waals surface area contributed by atoms with Crippen molar-refractivity contribution >= 4 is 45.5 Å². The lowest BCUT2D eigenvalue weighted by molar-refractivity contribution is -0.129. The molecule has 1 aliphatic rings. The number of rotatable bonds is 7. The molecule has 7 heteroatoms. The summed E-state index contributed by atoms with van der Waals surface area (Å²) in [5.41, 5.74) is 2.54. The average Bonchev–Trinajstić information content (AvgIpc) is 3.15. The van der Waals surface area contributed by atoms with Crippen molar-refractivity contribution in [3.8, 4) is 11.5 Å². The number of carbonyl (C=O) groups excluding carboxylic acids is 1. The molecular weight excluding hydrogens is 494 g/mol. The van der Waals surface area contributed by atoms with Gasteiger partial charge in [-0.15, -0.1) is 0 Å². The molecule has 0 saturated carbocycles. The molecule has 0 unspecified atom stereocenters. The van der Waals surface area contributed by atoms with Crippen LogP contribution in [0.3, 0.4) is 0 Å². The van der Waals surface area contributed by atoms with Crippen LogP contribution in [-0.4, -0.2) is 18.5 Å². The summed E-state index contributed by atoms with van der Waals surface area (Å²) in [6.07, 6.45) is 1.62. The van der Waals surface area contributed by atoms with Crippen LogP contribution in [0, 0.1) is 0 Å². The molecule has 32 heavy (non-hydrogen) atoms. The molecule has 3 aromatic carbocycles. The van der Waals surface area contributed by atoms with Crippen molar-refractivity contribution < 1.29 is 19.0 Å². The molecule has 0 N–H and O–H groups in total. The van der Waals surface area contributed by atoms with Gasteiger partial charge in [-0.25, -0.2) is 9.79 Å². The molecule has 0 spiro atoms. The molecule has 0 radical (unpaired) electrons. The monoisotopic (exact) mass is 511 g/mol. The molecule has 0 atom stereocenters. The van der Waals surface area contributed by atoms with Crippen molar-refractivity contribution in [1.82, 2.24) is 0 Å². The van der Waals surface area contributed by atoms with Gasteiger partial charge in [-0.1, -0.05) is 63.9 Å². The quantitative estimate of drug-likeness (QED) is 0.271. The van der Waals surface area contributed by atoms with Crippen LogP contribution in [0.2, 0.25) is 5.02 Å². The van der Waals surface area contributed by atoms with Gasteiger partial charge < -0.3 is 14.2 Å². The molecule has 4 rings (SSSR count). The Hall–Kier alpha value is -3.09. The van der Waals surface area contributed by atoms with Gasteiger partial charge in [-0.05, 0) is 48.9 Å². The number of aliphatic imine (C=N–C) groups is 1. The van der Waals surface area contributed by atoms with Crippen molar-refractivity contribution in [2.75, 3.05) is 6.61 Å². The molecule has 1 heterocycles. The van der Waals surface area contributed by atoms with Gasteiger partial charge in [0, 0.05) is 15.6 Å². The summed E-state index contributed by atoms with van der Waals surface area (Å²) in [4.78, 5) is 16.7. The minimum absolute atomic E-state index is 0.184. The first-order chi connectivity index (χ1) is 15.5. The third-order valence-corrected chi connectivity index (χ3v) is 5.66. The topological polar surface area (TPSA) is 57.1 Å². The van der Waals surface area contributed by atoms with E-state index in [1.165, 1.54) is 0 Å². The molecule has 1 aliphatic heterocycles. The van der Waals surface area contributed by atoms with Crippen LogP contribution in [0.5, 0.6) is 11.5 Å². The van der Waals surface area contributed by atoms with Gasteiger partial charge in [-0.2, -0.15) is 0 Å². The summed E-state index contributed by atoms with van der Waals surface area (Å²) in [5, 5.41) is 0.369. The van der Waals surface area contributed by atoms with Crippen LogP contribution >= 0.6 is 27.5 Å². The van der Waals surface area contributed by atoms with Crippen LogP contribution < -0.4 is 9.47 Å². The lowest BCUT2D eigenvalue weighted by Gasteiger charge is -2.15. The van der Waals surface area contributed by atoms with Gasteiger partial charge >= 0.3 is 5.97 Å². The summed E-state index contributed by atoms with van der Waals surface area (Å²) in [7, 11) is 0. The van der Waals surface area contributed by atoms with Gasteiger partial charge in [0.25, 0.3) is 0 Å². The molecule has 0 aliphatic carbocycles. The van der Waals surface area contributed by atoms with Crippen LogP contribution in [0.4, 0.5) is 0 Å². The maximum absolute atomic E-state index is 12.3. The zero-order valence-electron chi connectivity index (χ0n) is 17.2. The summed E-state index contributed by atoms with van der Waals surface area (Å²) < 4.78 is 18.0. The second-order valence-corrected chi connectivity index (χ2v) is 8.11. The fourth-order valence-electron chi connectivity index (χ4n) is 3.11. The first-order valence-electron chi connectivity index (χ1n) is 9.95.